The van der Waals surface area contributed by atoms with Crippen LogP contribution in [-0.2, 0) is 11.3 Å². The van der Waals surface area contributed by atoms with E-state index in [-0.39, 0.29) is 5.97 Å². The van der Waals surface area contributed by atoms with E-state index < -0.39 is 0 Å². The molecule has 0 unspecified atom stereocenters. The Bertz CT molecular complexity index is 708. The molecule has 0 atom stereocenters. The number of aliphatic imine (C=N–C) groups is 1. The normalized spacial score (nSPS) is 11.2. The number of carbonyl (C=O) groups excluding carboxylic acids is 1. The van der Waals surface area contributed by atoms with Gasteiger partial charge in [0, 0.05) is 8.95 Å². The van der Waals surface area contributed by atoms with E-state index in [1.54, 1.807) is 12.1 Å². The first-order valence-corrected chi connectivity index (χ1v) is 8.49. The summed E-state index contributed by atoms with van der Waals surface area (Å²) in [6.45, 7) is 2.51. The van der Waals surface area contributed by atoms with Crippen LogP contribution in [0.15, 0.2) is 56.4 Å². The van der Waals surface area contributed by atoms with Crippen LogP contribution >= 0.6 is 31.9 Å². The molecular formula is C17H16Br2N2O2. The summed E-state index contributed by atoms with van der Waals surface area (Å²) >= 11 is 6.93. The van der Waals surface area contributed by atoms with Gasteiger partial charge in [0.2, 0.25) is 0 Å². The zero-order valence-electron chi connectivity index (χ0n) is 12.8. The van der Waals surface area contributed by atoms with Gasteiger partial charge in [-0.05, 0) is 56.5 Å². The highest BCUT2D eigenvalue weighted by Crippen LogP contribution is 2.32. The van der Waals surface area contributed by atoms with Gasteiger partial charge in [0.15, 0.2) is 0 Å². The van der Waals surface area contributed by atoms with E-state index in [9.17, 15) is 4.79 Å². The lowest BCUT2D eigenvalue weighted by Crippen LogP contribution is -2.10. The van der Waals surface area contributed by atoms with E-state index in [2.05, 4.69) is 42.2 Å². The van der Waals surface area contributed by atoms with Gasteiger partial charge in [0.25, 0.3) is 0 Å². The van der Waals surface area contributed by atoms with E-state index in [0.29, 0.717) is 12.1 Å². The van der Waals surface area contributed by atoms with Crippen molar-refractivity contribution in [2.24, 2.45) is 4.99 Å². The maximum Gasteiger partial charge on any atom is 0.337 e. The van der Waals surface area contributed by atoms with Crippen LogP contribution in [0, 0.1) is 0 Å². The summed E-state index contributed by atoms with van der Waals surface area (Å²) < 4.78 is 6.23. The maximum atomic E-state index is 11.6. The minimum absolute atomic E-state index is 0.382. The fourth-order valence-electron chi connectivity index (χ4n) is 1.94. The van der Waals surface area contributed by atoms with Crippen molar-refractivity contribution >= 4 is 49.4 Å². The second kappa shape index (κ2) is 8.26. The molecule has 0 spiro atoms. The highest BCUT2D eigenvalue weighted by Gasteiger charge is 2.13. The zero-order chi connectivity index (χ0) is 16.8. The van der Waals surface area contributed by atoms with Crippen LogP contribution < -0.4 is 5.32 Å². The van der Waals surface area contributed by atoms with E-state index in [0.717, 1.165) is 26.0 Å². The number of ether oxygens (including phenoxy) is 1. The number of esters is 1. The summed E-state index contributed by atoms with van der Waals surface area (Å²) in [6, 6.07) is 13.5. The van der Waals surface area contributed by atoms with Crippen molar-refractivity contribution in [3.05, 3.63) is 62.5 Å². The summed E-state index contributed by atoms with van der Waals surface area (Å²) in [5.41, 5.74) is 2.43. The zero-order valence-corrected chi connectivity index (χ0v) is 15.9. The van der Waals surface area contributed by atoms with Crippen LogP contribution in [0.1, 0.15) is 22.8 Å². The van der Waals surface area contributed by atoms with Crippen molar-refractivity contribution in [1.82, 2.24) is 0 Å². The lowest BCUT2D eigenvalue weighted by atomic mass is 10.2. The highest BCUT2D eigenvalue weighted by atomic mass is 79.9. The van der Waals surface area contributed by atoms with E-state index in [4.69, 9.17) is 4.74 Å². The summed E-state index contributed by atoms with van der Waals surface area (Å²) in [5, 5.41) is 3.24. The third-order valence-electron chi connectivity index (χ3n) is 3.11. The number of hydrogen-bond donors (Lipinski definition) is 1. The van der Waals surface area contributed by atoms with Crippen LogP contribution in [0.25, 0.3) is 0 Å². The van der Waals surface area contributed by atoms with E-state index >= 15 is 0 Å². The fourth-order valence-corrected chi connectivity index (χ4v) is 3.33. The summed E-state index contributed by atoms with van der Waals surface area (Å²) in [7, 11) is 1.36. The second-order valence-electron chi connectivity index (χ2n) is 4.82. The SMILES string of the molecule is COC(=O)c1cc(Br)c(NC(C)=NCc2ccccc2)c(Br)c1. The number of nitrogens with zero attached hydrogens (tertiary/aromatic N) is 1. The molecule has 2 aromatic rings. The van der Waals surface area contributed by atoms with Crippen LogP contribution in [0.4, 0.5) is 5.69 Å². The van der Waals surface area contributed by atoms with Crippen LogP contribution in [0.2, 0.25) is 0 Å². The number of nitrogens with one attached hydrogen (secondary N) is 1. The van der Waals surface area contributed by atoms with Gasteiger partial charge >= 0.3 is 5.97 Å². The van der Waals surface area contributed by atoms with Crippen LogP contribution in [-0.4, -0.2) is 18.9 Å². The van der Waals surface area contributed by atoms with Crippen molar-refractivity contribution in [2.75, 3.05) is 12.4 Å². The van der Waals surface area contributed by atoms with Gasteiger partial charge in [-0.15, -0.1) is 0 Å². The van der Waals surface area contributed by atoms with Crippen molar-refractivity contribution in [3.8, 4) is 0 Å². The first-order chi connectivity index (χ1) is 11.0. The highest BCUT2D eigenvalue weighted by molar-refractivity contribution is 9.11. The molecule has 23 heavy (non-hydrogen) atoms. The topological polar surface area (TPSA) is 50.7 Å². The summed E-state index contributed by atoms with van der Waals surface area (Å²) in [5.74, 6) is 0.397. The van der Waals surface area contributed by atoms with E-state index in [1.165, 1.54) is 7.11 Å². The monoisotopic (exact) mass is 438 g/mol. The molecule has 120 valence electrons. The number of halogens is 2. The van der Waals surface area contributed by atoms with Crippen LogP contribution in [0.3, 0.4) is 0 Å². The average Bonchev–Trinajstić information content (AvgIpc) is 2.56. The molecule has 0 saturated heterocycles. The van der Waals surface area contributed by atoms with Gasteiger partial charge in [0.05, 0.1) is 30.7 Å². The Morgan fingerprint density at radius 3 is 2.35 bits per heavy atom. The minimum atomic E-state index is -0.382. The largest absolute Gasteiger partial charge is 0.465 e. The lowest BCUT2D eigenvalue weighted by Gasteiger charge is -2.12. The van der Waals surface area contributed by atoms with Crippen molar-refractivity contribution in [1.29, 1.82) is 0 Å². The van der Waals surface area contributed by atoms with Gasteiger partial charge in [-0.2, -0.15) is 0 Å². The fraction of sp³-hybridized carbons (Fsp3) is 0.176. The standard InChI is InChI=1S/C17H16Br2N2O2/c1-11(20-10-12-6-4-3-5-7-12)21-16-14(18)8-13(9-15(16)19)17(22)23-2/h3-9H,10H2,1-2H3,(H,20,21). The molecule has 1 N–H and O–H groups in total. The Morgan fingerprint density at radius 1 is 1.17 bits per heavy atom. The molecule has 0 aliphatic carbocycles. The summed E-state index contributed by atoms with van der Waals surface area (Å²) in [4.78, 5) is 16.1. The molecule has 2 aromatic carbocycles. The third-order valence-corrected chi connectivity index (χ3v) is 4.36. The third kappa shape index (κ3) is 4.91. The molecule has 0 aromatic heterocycles. The first kappa shape index (κ1) is 17.7. The first-order valence-electron chi connectivity index (χ1n) is 6.90. The Balaban J connectivity index is 2.14. The maximum absolute atomic E-state index is 11.6. The van der Waals surface area contributed by atoms with Crippen molar-refractivity contribution in [2.45, 2.75) is 13.5 Å². The molecule has 6 heteroatoms. The molecule has 0 bridgehead atoms. The lowest BCUT2D eigenvalue weighted by molar-refractivity contribution is 0.0600. The number of hydrogen-bond acceptors (Lipinski definition) is 3. The van der Waals surface area contributed by atoms with Crippen LogP contribution in [0.5, 0.6) is 0 Å². The Labute approximate surface area is 152 Å². The Hall–Kier alpha value is -1.66. The quantitative estimate of drug-likeness (QED) is 0.413. The number of methoxy groups -OCH3 is 1. The Morgan fingerprint density at radius 2 is 1.78 bits per heavy atom. The predicted octanol–water partition coefficient (Wildman–Crippen LogP) is 5.03. The molecule has 0 aliphatic heterocycles. The number of anilines is 1. The summed E-state index contributed by atoms with van der Waals surface area (Å²) in [6.07, 6.45) is 0. The molecule has 0 amide bonds. The molecule has 2 rings (SSSR count). The molecule has 0 aliphatic rings. The molecule has 0 fully saturated rings. The molecular weight excluding hydrogens is 424 g/mol. The minimum Gasteiger partial charge on any atom is -0.465 e. The molecule has 0 radical (unpaired) electrons. The molecule has 0 heterocycles. The predicted molar refractivity (Wildman–Crippen MR) is 100 cm³/mol. The Kier molecular flexibility index (Phi) is 6.36. The van der Waals surface area contributed by atoms with Gasteiger partial charge in [-0.3, -0.25) is 4.99 Å². The van der Waals surface area contributed by atoms with E-state index in [1.807, 2.05) is 37.3 Å². The average molecular weight is 440 g/mol. The van der Waals surface area contributed by atoms with Crippen molar-refractivity contribution < 1.29 is 9.53 Å². The van der Waals surface area contributed by atoms with Gasteiger partial charge in [-0.25, -0.2) is 4.79 Å². The number of rotatable bonds is 4. The van der Waals surface area contributed by atoms with Crippen molar-refractivity contribution in [3.63, 3.8) is 0 Å². The van der Waals surface area contributed by atoms with Gasteiger partial charge in [0.1, 0.15) is 0 Å². The van der Waals surface area contributed by atoms with Gasteiger partial charge in [-0.1, -0.05) is 30.3 Å². The van der Waals surface area contributed by atoms with Gasteiger partial charge < -0.3 is 10.1 Å². The number of carbonyl (C=O) groups is 1. The molecule has 4 nitrogen and oxygen atoms in total. The number of amidine groups is 1. The smallest absolute Gasteiger partial charge is 0.337 e. The second-order valence-corrected chi connectivity index (χ2v) is 6.53. The number of benzene rings is 2. The molecule has 0 saturated carbocycles.